The third-order valence-corrected chi connectivity index (χ3v) is 2.49. The molecule has 2 rings (SSSR count). The van der Waals surface area contributed by atoms with Gasteiger partial charge in [0, 0.05) is 12.1 Å². The molecule has 1 aromatic heterocycles. The lowest BCUT2D eigenvalue weighted by atomic mass is 10.1. The highest BCUT2D eigenvalue weighted by Crippen LogP contribution is 2.25. The Kier molecular flexibility index (Phi) is 1.79. The van der Waals surface area contributed by atoms with Gasteiger partial charge in [-0.05, 0) is 31.9 Å². The molecule has 1 aliphatic heterocycles. The summed E-state index contributed by atoms with van der Waals surface area (Å²) >= 11 is 0. The fourth-order valence-corrected chi connectivity index (χ4v) is 1.77. The standard InChI is InChI=1S/C10H13N3/c1-4-9-7(2)5-6-10-12-11-8(3)13(9)10/h4H,1,5-6H2,2-3H3. The van der Waals surface area contributed by atoms with E-state index >= 15 is 0 Å². The lowest BCUT2D eigenvalue weighted by Crippen LogP contribution is -2.10. The van der Waals surface area contributed by atoms with Crippen LogP contribution in [0.5, 0.6) is 0 Å². The molecular formula is C10H13N3. The zero-order valence-electron chi connectivity index (χ0n) is 8.04. The molecule has 13 heavy (non-hydrogen) atoms. The molecule has 68 valence electrons. The van der Waals surface area contributed by atoms with E-state index in [1.165, 1.54) is 5.57 Å². The van der Waals surface area contributed by atoms with Crippen LogP contribution >= 0.6 is 0 Å². The van der Waals surface area contributed by atoms with Crippen molar-refractivity contribution >= 4 is 5.70 Å². The van der Waals surface area contributed by atoms with E-state index in [9.17, 15) is 0 Å². The van der Waals surface area contributed by atoms with Crippen LogP contribution in [0.1, 0.15) is 25.0 Å². The van der Waals surface area contributed by atoms with Crippen LogP contribution in [-0.4, -0.2) is 14.8 Å². The molecule has 0 aromatic carbocycles. The Bertz CT molecular complexity index is 385. The van der Waals surface area contributed by atoms with Crippen LogP contribution in [0.2, 0.25) is 0 Å². The van der Waals surface area contributed by atoms with E-state index in [1.807, 2.05) is 13.0 Å². The maximum atomic E-state index is 4.12. The van der Waals surface area contributed by atoms with Gasteiger partial charge < -0.3 is 0 Å². The monoisotopic (exact) mass is 175 g/mol. The van der Waals surface area contributed by atoms with Crippen molar-refractivity contribution < 1.29 is 0 Å². The molecule has 0 saturated heterocycles. The molecule has 3 nitrogen and oxygen atoms in total. The number of rotatable bonds is 1. The molecule has 0 bridgehead atoms. The van der Waals surface area contributed by atoms with Crippen LogP contribution in [0.3, 0.4) is 0 Å². The van der Waals surface area contributed by atoms with Crippen molar-refractivity contribution in [3.63, 3.8) is 0 Å². The topological polar surface area (TPSA) is 30.7 Å². The van der Waals surface area contributed by atoms with Gasteiger partial charge >= 0.3 is 0 Å². The zero-order valence-corrected chi connectivity index (χ0v) is 8.04. The maximum absolute atomic E-state index is 4.12. The first-order chi connectivity index (χ1) is 6.24. The molecular weight excluding hydrogens is 162 g/mol. The molecule has 0 aliphatic carbocycles. The van der Waals surface area contributed by atoms with E-state index in [0.29, 0.717) is 0 Å². The van der Waals surface area contributed by atoms with Gasteiger partial charge in [0.1, 0.15) is 11.6 Å². The maximum Gasteiger partial charge on any atom is 0.137 e. The van der Waals surface area contributed by atoms with E-state index in [0.717, 1.165) is 30.2 Å². The molecule has 0 unspecified atom stereocenters. The smallest absolute Gasteiger partial charge is 0.137 e. The SMILES string of the molecule is C=CC1=C(C)CCc2nnc(C)n21. The molecule has 0 amide bonds. The van der Waals surface area contributed by atoms with Crippen molar-refractivity contribution in [1.82, 2.24) is 14.8 Å². The Morgan fingerprint density at radius 3 is 2.77 bits per heavy atom. The van der Waals surface area contributed by atoms with Crippen LogP contribution in [0.25, 0.3) is 5.70 Å². The van der Waals surface area contributed by atoms with E-state index in [2.05, 4.69) is 28.3 Å². The molecule has 0 fully saturated rings. The van der Waals surface area contributed by atoms with Crippen LogP contribution in [0.4, 0.5) is 0 Å². The summed E-state index contributed by atoms with van der Waals surface area (Å²) in [5.74, 6) is 2.00. The summed E-state index contributed by atoms with van der Waals surface area (Å²) in [6, 6.07) is 0. The van der Waals surface area contributed by atoms with E-state index < -0.39 is 0 Å². The van der Waals surface area contributed by atoms with Gasteiger partial charge in [-0.2, -0.15) is 0 Å². The number of fused-ring (bicyclic) bond motifs is 1. The van der Waals surface area contributed by atoms with Crippen LogP contribution in [0.15, 0.2) is 18.2 Å². The third-order valence-electron chi connectivity index (χ3n) is 2.49. The molecule has 3 heteroatoms. The summed E-state index contributed by atoms with van der Waals surface area (Å²) in [5, 5.41) is 8.18. The second kappa shape index (κ2) is 2.83. The average Bonchev–Trinajstić information content (AvgIpc) is 2.49. The lowest BCUT2D eigenvalue weighted by molar-refractivity contribution is 0.779. The van der Waals surface area contributed by atoms with Crippen molar-refractivity contribution in [2.24, 2.45) is 0 Å². The molecule has 0 N–H and O–H groups in total. The molecule has 2 heterocycles. The van der Waals surface area contributed by atoms with Gasteiger partial charge in [0.15, 0.2) is 0 Å². The van der Waals surface area contributed by atoms with E-state index in [-0.39, 0.29) is 0 Å². The van der Waals surface area contributed by atoms with Gasteiger partial charge in [-0.1, -0.05) is 6.58 Å². The summed E-state index contributed by atoms with van der Waals surface area (Å²) in [4.78, 5) is 0. The summed E-state index contributed by atoms with van der Waals surface area (Å²) in [6.45, 7) is 7.93. The Balaban J connectivity index is 2.65. The van der Waals surface area contributed by atoms with Gasteiger partial charge in [0.05, 0.1) is 0 Å². The Labute approximate surface area is 77.8 Å². The molecule has 0 atom stereocenters. The van der Waals surface area contributed by atoms with Crippen molar-refractivity contribution in [3.8, 4) is 0 Å². The van der Waals surface area contributed by atoms with Crippen molar-refractivity contribution in [2.45, 2.75) is 26.7 Å². The summed E-state index contributed by atoms with van der Waals surface area (Å²) in [6.07, 6.45) is 3.94. The van der Waals surface area contributed by atoms with E-state index in [4.69, 9.17) is 0 Å². The van der Waals surface area contributed by atoms with Gasteiger partial charge in [0.25, 0.3) is 0 Å². The first-order valence-electron chi connectivity index (χ1n) is 4.47. The third kappa shape index (κ3) is 1.11. The summed E-state index contributed by atoms with van der Waals surface area (Å²) in [7, 11) is 0. The Hall–Kier alpha value is -1.38. The number of aromatic nitrogens is 3. The molecule has 0 saturated carbocycles. The Morgan fingerprint density at radius 1 is 1.31 bits per heavy atom. The fourth-order valence-electron chi connectivity index (χ4n) is 1.77. The van der Waals surface area contributed by atoms with Gasteiger partial charge in [-0.15, -0.1) is 10.2 Å². The molecule has 1 aromatic rings. The van der Waals surface area contributed by atoms with Crippen LogP contribution in [-0.2, 0) is 6.42 Å². The predicted molar refractivity (Wildman–Crippen MR) is 52.2 cm³/mol. The average molecular weight is 175 g/mol. The van der Waals surface area contributed by atoms with Crippen LogP contribution in [0, 0.1) is 6.92 Å². The largest absolute Gasteiger partial charge is 0.283 e. The quantitative estimate of drug-likeness (QED) is 0.653. The number of hydrogen-bond acceptors (Lipinski definition) is 2. The second-order valence-corrected chi connectivity index (χ2v) is 3.37. The number of aryl methyl sites for hydroxylation is 2. The minimum Gasteiger partial charge on any atom is -0.283 e. The molecule has 0 spiro atoms. The number of nitrogens with zero attached hydrogens (tertiary/aromatic N) is 3. The number of hydrogen-bond donors (Lipinski definition) is 0. The van der Waals surface area contributed by atoms with Crippen molar-refractivity contribution in [1.29, 1.82) is 0 Å². The van der Waals surface area contributed by atoms with Crippen LogP contribution < -0.4 is 0 Å². The van der Waals surface area contributed by atoms with E-state index in [1.54, 1.807) is 0 Å². The van der Waals surface area contributed by atoms with Gasteiger partial charge in [-0.3, -0.25) is 4.57 Å². The minimum absolute atomic E-state index is 0.948. The summed E-state index contributed by atoms with van der Waals surface area (Å²) < 4.78 is 2.09. The number of allylic oxidation sites excluding steroid dienone is 3. The highest BCUT2D eigenvalue weighted by Gasteiger charge is 2.17. The second-order valence-electron chi connectivity index (χ2n) is 3.37. The van der Waals surface area contributed by atoms with Crippen molar-refractivity contribution in [2.75, 3.05) is 0 Å². The summed E-state index contributed by atoms with van der Waals surface area (Å²) in [5.41, 5.74) is 2.52. The first kappa shape index (κ1) is 8.23. The fraction of sp³-hybridized carbons (Fsp3) is 0.400. The first-order valence-corrected chi connectivity index (χ1v) is 4.47. The Morgan fingerprint density at radius 2 is 2.08 bits per heavy atom. The van der Waals surface area contributed by atoms with Gasteiger partial charge in [0.2, 0.25) is 0 Å². The zero-order chi connectivity index (χ0) is 9.42. The van der Waals surface area contributed by atoms with Gasteiger partial charge in [-0.25, -0.2) is 0 Å². The lowest BCUT2D eigenvalue weighted by Gasteiger charge is -2.17. The normalized spacial score (nSPS) is 15.8. The van der Waals surface area contributed by atoms with Crippen molar-refractivity contribution in [3.05, 3.63) is 29.9 Å². The molecule has 1 aliphatic rings. The highest BCUT2D eigenvalue weighted by atomic mass is 15.3. The molecule has 0 radical (unpaired) electrons. The predicted octanol–water partition coefficient (Wildman–Crippen LogP) is 1.95. The minimum atomic E-state index is 0.948. The highest BCUT2D eigenvalue weighted by molar-refractivity contribution is 5.62.